The lowest BCUT2D eigenvalue weighted by molar-refractivity contribution is 0.661. The molecule has 12 rings (SSSR count). The number of rotatable bonds is 2. The summed E-state index contributed by atoms with van der Waals surface area (Å²) in [7, 11) is 0. The minimum Gasteiger partial charge on any atom is -0.309 e. The van der Waals surface area contributed by atoms with Gasteiger partial charge in [0.15, 0.2) is 0 Å². The molecule has 4 nitrogen and oxygen atoms in total. The second kappa shape index (κ2) is 9.99. The van der Waals surface area contributed by atoms with Crippen molar-refractivity contribution in [3.05, 3.63) is 157 Å². The zero-order valence-corrected chi connectivity index (χ0v) is 29.4. The first-order valence-electron chi connectivity index (χ1n) is 17.8. The molecule has 0 unspecified atom stereocenters. The van der Waals surface area contributed by atoms with Crippen molar-refractivity contribution < 1.29 is 0 Å². The third kappa shape index (κ3) is 3.63. The molecule has 2 aliphatic rings. The smallest absolute Gasteiger partial charge is 0.235 e. The van der Waals surface area contributed by atoms with Crippen LogP contribution in [0.15, 0.2) is 155 Å². The van der Waals surface area contributed by atoms with Crippen LogP contribution in [0.5, 0.6) is 0 Å². The Labute approximate surface area is 304 Å². The van der Waals surface area contributed by atoms with Crippen LogP contribution in [0.1, 0.15) is 25.0 Å². The molecule has 0 amide bonds. The van der Waals surface area contributed by atoms with Crippen LogP contribution in [-0.4, -0.2) is 19.1 Å². The number of benzene rings is 7. The first-order valence-corrected chi connectivity index (χ1v) is 18.7. The van der Waals surface area contributed by atoms with Crippen LogP contribution < -0.4 is 0 Å². The van der Waals surface area contributed by atoms with Gasteiger partial charge in [-0.1, -0.05) is 104 Å². The summed E-state index contributed by atoms with van der Waals surface area (Å²) in [5, 5.41) is 6.10. The fourth-order valence-electron chi connectivity index (χ4n) is 9.11. The number of aromatic nitrogens is 4. The quantitative estimate of drug-likeness (QED) is 0.182. The van der Waals surface area contributed by atoms with E-state index >= 15 is 0 Å². The van der Waals surface area contributed by atoms with Gasteiger partial charge in [0.05, 0.1) is 33.3 Å². The summed E-state index contributed by atoms with van der Waals surface area (Å²) in [6.45, 7) is 4.76. The summed E-state index contributed by atoms with van der Waals surface area (Å²) < 4.78 is 4.72. The van der Waals surface area contributed by atoms with Gasteiger partial charge in [0.1, 0.15) is 0 Å². The Balaban J connectivity index is 1.14. The molecule has 5 heteroatoms. The highest BCUT2D eigenvalue weighted by molar-refractivity contribution is 7.99. The highest BCUT2D eigenvalue weighted by Crippen LogP contribution is 2.53. The molecule has 52 heavy (non-hydrogen) atoms. The molecule has 0 bridgehead atoms. The van der Waals surface area contributed by atoms with E-state index in [2.05, 4.69) is 169 Å². The van der Waals surface area contributed by atoms with Crippen molar-refractivity contribution in [1.82, 2.24) is 19.1 Å². The van der Waals surface area contributed by atoms with E-state index in [1.54, 1.807) is 11.8 Å². The molecule has 10 aromatic rings. The SMILES string of the molecule is CC1(C)c2cc3c(cc2-c2cc4c5ccccc5n(-c5nc6c7c(cccc7n5)Sc5ccccc5-6)c4cc21)c1ccccc1n3-c1ccccc1. The van der Waals surface area contributed by atoms with Crippen LogP contribution in [0, 0.1) is 0 Å². The summed E-state index contributed by atoms with van der Waals surface area (Å²) in [5.74, 6) is 0.704. The minimum absolute atomic E-state index is 0.229. The van der Waals surface area contributed by atoms with Gasteiger partial charge in [0.2, 0.25) is 5.95 Å². The van der Waals surface area contributed by atoms with E-state index in [1.807, 2.05) is 0 Å². The van der Waals surface area contributed by atoms with Crippen LogP contribution in [0.2, 0.25) is 0 Å². The molecule has 0 atom stereocenters. The predicted octanol–water partition coefficient (Wildman–Crippen LogP) is 12.3. The number of nitrogens with zero attached hydrogens (tertiary/aromatic N) is 4. The van der Waals surface area contributed by atoms with Crippen molar-refractivity contribution in [2.75, 3.05) is 0 Å². The Kier molecular flexibility index (Phi) is 5.48. The van der Waals surface area contributed by atoms with Crippen LogP contribution in [0.3, 0.4) is 0 Å². The van der Waals surface area contributed by atoms with E-state index in [4.69, 9.17) is 9.97 Å². The molecule has 4 heterocycles. The Morgan fingerprint density at radius 3 is 1.81 bits per heavy atom. The first-order chi connectivity index (χ1) is 25.5. The fraction of sp³-hybridized carbons (Fsp3) is 0.0638. The standard InChI is InChI=1S/C47H30N4S/c1-47(2)35-25-40-33(28-15-6-9-19-38(28)50(40)27-13-4-3-5-14-27)23-31(35)32-24-34-29-16-7-10-20-39(29)51(41(34)26-36(32)47)46-48-37-18-12-22-43-44(37)45(49-46)30-17-8-11-21-42(30)52-43/h3-26H,1-2H3. The Hall–Kier alpha value is -6.17. The molecule has 0 radical (unpaired) electrons. The highest BCUT2D eigenvalue weighted by Gasteiger charge is 2.38. The molecule has 3 aromatic heterocycles. The Bertz CT molecular complexity index is 3180. The predicted molar refractivity (Wildman–Crippen MR) is 215 cm³/mol. The maximum absolute atomic E-state index is 5.42. The van der Waals surface area contributed by atoms with Crippen LogP contribution in [0.4, 0.5) is 0 Å². The molecule has 0 spiro atoms. The number of hydrogen-bond donors (Lipinski definition) is 0. The fourth-order valence-corrected chi connectivity index (χ4v) is 10.2. The van der Waals surface area contributed by atoms with Crippen molar-refractivity contribution in [3.8, 4) is 34.0 Å². The zero-order chi connectivity index (χ0) is 34.3. The van der Waals surface area contributed by atoms with Crippen molar-refractivity contribution in [2.24, 2.45) is 0 Å². The second-order valence-corrected chi connectivity index (χ2v) is 15.7. The topological polar surface area (TPSA) is 35.6 Å². The van der Waals surface area contributed by atoms with Gasteiger partial charge in [0.25, 0.3) is 0 Å². The minimum atomic E-state index is -0.229. The van der Waals surface area contributed by atoms with Crippen molar-refractivity contribution >= 4 is 66.3 Å². The molecule has 0 fully saturated rings. The summed E-state index contributed by atoms with van der Waals surface area (Å²) in [5.41, 5.74) is 14.1. The molecular formula is C47H30N4S. The van der Waals surface area contributed by atoms with Crippen molar-refractivity contribution in [3.63, 3.8) is 0 Å². The van der Waals surface area contributed by atoms with Gasteiger partial charge in [-0.15, -0.1) is 0 Å². The lowest BCUT2D eigenvalue weighted by atomic mass is 9.82. The lowest BCUT2D eigenvalue weighted by Crippen LogP contribution is -2.15. The number of para-hydroxylation sites is 3. The lowest BCUT2D eigenvalue weighted by Gasteiger charge is -2.22. The van der Waals surface area contributed by atoms with Gasteiger partial charge in [-0.25, -0.2) is 9.97 Å². The van der Waals surface area contributed by atoms with Crippen LogP contribution in [-0.2, 0) is 5.41 Å². The average molecular weight is 683 g/mol. The average Bonchev–Trinajstić information content (AvgIpc) is 3.76. The van der Waals surface area contributed by atoms with Crippen molar-refractivity contribution in [2.45, 2.75) is 29.1 Å². The zero-order valence-electron chi connectivity index (χ0n) is 28.6. The molecule has 0 saturated heterocycles. The largest absolute Gasteiger partial charge is 0.309 e. The van der Waals surface area contributed by atoms with E-state index < -0.39 is 0 Å². The summed E-state index contributed by atoms with van der Waals surface area (Å²) in [6.07, 6.45) is 0. The Morgan fingerprint density at radius 1 is 0.481 bits per heavy atom. The molecule has 1 aliphatic carbocycles. The molecule has 7 aromatic carbocycles. The summed E-state index contributed by atoms with van der Waals surface area (Å²) >= 11 is 1.80. The van der Waals surface area contributed by atoms with Gasteiger partial charge in [-0.3, -0.25) is 4.57 Å². The van der Waals surface area contributed by atoms with E-state index in [0.717, 1.165) is 33.2 Å². The molecule has 244 valence electrons. The summed E-state index contributed by atoms with van der Waals surface area (Å²) in [6, 6.07) is 53.1. The molecular weight excluding hydrogens is 653 g/mol. The maximum atomic E-state index is 5.42. The van der Waals surface area contributed by atoms with Gasteiger partial charge in [0, 0.05) is 53.4 Å². The highest BCUT2D eigenvalue weighted by atomic mass is 32.2. The summed E-state index contributed by atoms with van der Waals surface area (Å²) in [4.78, 5) is 13.2. The van der Waals surface area contributed by atoms with E-state index in [-0.39, 0.29) is 5.41 Å². The second-order valence-electron chi connectivity index (χ2n) is 14.6. The van der Waals surface area contributed by atoms with Crippen LogP contribution >= 0.6 is 11.8 Å². The van der Waals surface area contributed by atoms with Crippen LogP contribution in [0.25, 0.3) is 88.5 Å². The van der Waals surface area contributed by atoms with Crippen molar-refractivity contribution in [1.29, 1.82) is 0 Å². The first kappa shape index (κ1) is 28.5. The van der Waals surface area contributed by atoms with E-state index in [1.165, 1.54) is 70.3 Å². The number of fused-ring (bicyclic) bond motifs is 11. The van der Waals surface area contributed by atoms with E-state index in [0.29, 0.717) is 5.95 Å². The molecule has 0 N–H and O–H groups in total. The Morgan fingerprint density at radius 2 is 1.08 bits per heavy atom. The monoisotopic (exact) mass is 682 g/mol. The van der Waals surface area contributed by atoms with Gasteiger partial charge >= 0.3 is 0 Å². The molecule has 1 aliphatic heterocycles. The number of hydrogen-bond acceptors (Lipinski definition) is 3. The van der Waals surface area contributed by atoms with Gasteiger partial charge < -0.3 is 4.57 Å². The van der Waals surface area contributed by atoms with Gasteiger partial charge in [-0.05, 0) is 89.0 Å². The third-order valence-corrected chi connectivity index (χ3v) is 12.6. The van der Waals surface area contributed by atoms with Gasteiger partial charge in [-0.2, -0.15) is 0 Å². The third-order valence-electron chi connectivity index (χ3n) is 11.5. The van der Waals surface area contributed by atoms with E-state index in [9.17, 15) is 0 Å². The maximum Gasteiger partial charge on any atom is 0.235 e. The molecule has 0 saturated carbocycles. The normalized spacial score (nSPS) is 14.0.